The number of ether oxygens (including phenoxy) is 2. The van der Waals surface area contributed by atoms with E-state index >= 15 is 0 Å². The molecule has 0 radical (unpaired) electrons. The number of rotatable bonds is 8. The zero-order valence-corrected chi connectivity index (χ0v) is 20.5. The number of carbonyl (C=O) groups is 1. The number of hydrogen-bond acceptors (Lipinski definition) is 7. The van der Waals surface area contributed by atoms with E-state index in [0.717, 1.165) is 11.1 Å². The van der Waals surface area contributed by atoms with Gasteiger partial charge in [0.15, 0.2) is 5.75 Å². The number of hydrazone groups is 1. The average molecular weight is 503 g/mol. The molecule has 178 valence electrons. The average Bonchev–Trinajstić information content (AvgIpc) is 2.80. The Morgan fingerprint density at radius 2 is 1.59 bits per heavy atom. The van der Waals surface area contributed by atoms with Gasteiger partial charge in [0.1, 0.15) is 10.6 Å². The van der Waals surface area contributed by atoms with Crippen LogP contribution >= 0.6 is 11.6 Å². The van der Waals surface area contributed by atoms with Crippen molar-refractivity contribution >= 4 is 33.8 Å². The molecule has 0 bridgehead atoms. The number of amides is 1. The number of nitrogens with zero attached hydrogens (tertiary/aromatic N) is 1. The molecular formula is C24H23ClN2O6S. The SMILES string of the molecule is COc1cc(C)ccc1C(=O)N/N=C\c1cc(Cl)c(OS(=O)(=O)c2ccc(C)cc2)c(OC)c1. The normalized spacial score (nSPS) is 11.3. The zero-order chi connectivity index (χ0) is 24.9. The molecule has 0 unspecified atom stereocenters. The molecule has 10 heteroatoms. The van der Waals surface area contributed by atoms with Gasteiger partial charge in [-0.25, -0.2) is 5.43 Å². The lowest BCUT2D eigenvalue weighted by molar-refractivity contribution is 0.0952. The van der Waals surface area contributed by atoms with Gasteiger partial charge >= 0.3 is 10.1 Å². The molecule has 0 saturated heterocycles. The first-order valence-electron chi connectivity index (χ1n) is 10.0. The van der Waals surface area contributed by atoms with Crippen molar-refractivity contribution in [3.8, 4) is 17.2 Å². The van der Waals surface area contributed by atoms with E-state index in [1.165, 1.54) is 44.7 Å². The highest BCUT2D eigenvalue weighted by Crippen LogP contribution is 2.38. The molecule has 34 heavy (non-hydrogen) atoms. The molecule has 3 rings (SSSR count). The topological polar surface area (TPSA) is 103 Å². The summed E-state index contributed by atoms with van der Waals surface area (Å²) in [7, 11) is -1.31. The minimum absolute atomic E-state index is 0.0111. The van der Waals surface area contributed by atoms with Gasteiger partial charge in [-0.2, -0.15) is 13.5 Å². The molecule has 0 aliphatic rings. The standard InChI is InChI=1S/C24H23ClN2O6S/c1-15-5-8-18(9-6-15)34(29,30)33-23-20(25)12-17(13-22(23)32-4)14-26-27-24(28)19-10-7-16(2)11-21(19)31-3/h5-14H,1-4H3,(H,27,28)/b26-14-. The molecule has 0 saturated carbocycles. The largest absolute Gasteiger partial charge is 0.496 e. The lowest BCUT2D eigenvalue weighted by Gasteiger charge is -2.13. The highest BCUT2D eigenvalue weighted by Gasteiger charge is 2.22. The van der Waals surface area contributed by atoms with E-state index in [9.17, 15) is 13.2 Å². The number of nitrogens with one attached hydrogen (secondary N) is 1. The van der Waals surface area contributed by atoms with Gasteiger partial charge in [-0.15, -0.1) is 0 Å². The van der Waals surface area contributed by atoms with Gasteiger partial charge < -0.3 is 13.7 Å². The maximum atomic E-state index is 12.7. The fourth-order valence-corrected chi connectivity index (χ4v) is 4.23. The smallest absolute Gasteiger partial charge is 0.339 e. The number of halogens is 1. The molecule has 0 spiro atoms. The molecule has 0 fully saturated rings. The molecule has 0 atom stereocenters. The summed E-state index contributed by atoms with van der Waals surface area (Å²) in [6, 6.07) is 14.3. The Kier molecular flexibility index (Phi) is 7.80. The van der Waals surface area contributed by atoms with E-state index in [4.69, 9.17) is 25.3 Å². The van der Waals surface area contributed by atoms with Gasteiger partial charge in [0.05, 0.1) is 31.0 Å². The predicted molar refractivity (Wildman–Crippen MR) is 130 cm³/mol. The summed E-state index contributed by atoms with van der Waals surface area (Å²) in [4.78, 5) is 12.4. The molecule has 8 nitrogen and oxygen atoms in total. The molecule has 0 aromatic heterocycles. The van der Waals surface area contributed by atoms with Crippen molar-refractivity contribution in [3.05, 3.63) is 81.9 Å². The molecule has 3 aromatic carbocycles. The number of benzene rings is 3. The van der Waals surface area contributed by atoms with E-state index in [1.54, 1.807) is 30.3 Å². The molecular weight excluding hydrogens is 480 g/mol. The molecule has 1 N–H and O–H groups in total. The van der Waals surface area contributed by atoms with Crippen molar-refractivity contribution in [2.75, 3.05) is 14.2 Å². The van der Waals surface area contributed by atoms with Crippen LogP contribution in [0.15, 0.2) is 64.6 Å². The first-order valence-corrected chi connectivity index (χ1v) is 11.8. The second kappa shape index (κ2) is 10.6. The molecule has 0 aliphatic heterocycles. The maximum Gasteiger partial charge on any atom is 0.339 e. The van der Waals surface area contributed by atoms with Crippen molar-refractivity contribution in [2.45, 2.75) is 18.7 Å². The fraction of sp³-hybridized carbons (Fsp3) is 0.167. The Labute approximate surface area is 203 Å². The summed E-state index contributed by atoms with van der Waals surface area (Å²) >= 11 is 6.29. The summed E-state index contributed by atoms with van der Waals surface area (Å²) in [5.74, 6) is -0.115. The van der Waals surface area contributed by atoms with Gasteiger partial charge in [-0.3, -0.25) is 4.79 Å². The predicted octanol–water partition coefficient (Wildman–Crippen LogP) is 4.51. The monoisotopic (exact) mass is 502 g/mol. The number of hydrogen-bond donors (Lipinski definition) is 1. The summed E-state index contributed by atoms with van der Waals surface area (Å²) in [5.41, 5.74) is 5.04. The second-order valence-corrected chi connectivity index (χ2v) is 9.24. The van der Waals surface area contributed by atoms with Crippen LogP contribution in [0.1, 0.15) is 27.0 Å². The lowest BCUT2D eigenvalue weighted by atomic mass is 10.1. The van der Waals surface area contributed by atoms with Crippen LogP contribution in [0.2, 0.25) is 5.02 Å². The van der Waals surface area contributed by atoms with E-state index < -0.39 is 16.0 Å². The number of methoxy groups -OCH3 is 2. The van der Waals surface area contributed by atoms with Gasteiger partial charge in [-0.1, -0.05) is 35.4 Å². The number of aryl methyl sites for hydroxylation is 2. The van der Waals surface area contributed by atoms with E-state index in [2.05, 4.69) is 10.5 Å². The third-order valence-electron chi connectivity index (χ3n) is 4.74. The van der Waals surface area contributed by atoms with Crippen LogP contribution in [0, 0.1) is 13.8 Å². The molecule has 0 heterocycles. The molecule has 3 aromatic rings. The van der Waals surface area contributed by atoms with Crippen LogP contribution < -0.4 is 19.1 Å². The quantitative estimate of drug-likeness (QED) is 0.276. The maximum absolute atomic E-state index is 12.7. The van der Waals surface area contributed by atoms with Crippen LogP contribution in [-0.2, 0) is 10.1 Å². The second-order valence-electron chi connectivity index (χ2n) is 7.29. The minimum Gasteiger partial charge on any atom is -0.496 e. The van der Waals surface area contributed by atoms with Crippen molar-refractivity contribution in [1.82, 2.24) is 5.43 Å². The van der Waals surface area contributed by atoms with Crippen LogP contribution in [-0.4, -0.2) is 34.8 Å². The molecule has 1 amide bonds. The van der Waals surface area contributed by atoms with Gasteiger partial charge in [0, 0.05) is 0 Å². The van der Waals surface area contributed by atoms with Crippen molar-refractivity contribution in [1.29, 1.82) is 0 Å². The Morgan fingerprint density at radius 1 is 0.941 bits per heavy atom. The summed E-state index contributed by atoms with van der Waals surface area (Å²) in [6.45, 7) is 3.73. The van der Waals surface area contributed by atoms with Crippen LogP contribution in [0.25, 0.3) is 0 Å². The van der Waals surface area contributed by atoms with Crippen molar-refractivity contribution < 1.29 is 26.9 Å². The zero-order valence-electron chi connectivity index (χ0n) is 19.0. The van der Waals surface area contributed by atoms with E-state index in [1.807, 2.05) is 13.8 Å². The Morgan fingerprint density at radius 3 is 2.24 bits per heavy atom. The van der Waals surface area contributed by atoms with Crippen LogP contribution in [0.5, 0.6) is 17.2 Å². The minimum atomic E-state index is -4.13. The third kappa shape index (κ3) is 5.86. The van der Waals surface area contributed by atoms with Crippen molar-refractivity contribution in [2.24, 2.45) is 5.10 Å². The highest BCUT2D eigenvalue weighted by atomic mass is 35.5. The summed E-state index contributed by atoms with van der Waals surface area (Å²) in [5, 5.41) is 3.93. The van der Waals surface area contributed by atoms with Crippen LogP contribution in [0.3, 0.4) is 0 Å². The first kappa shape index (κ1) is 25.1. The van der Waals surface area contributed by atoms with Crippen molar-refractivity contribution in [3.63, 3.8) is 0 Å². The Balaban J connectivity index is 1.80. The highest BCUT2D eigenvalue weighted by molar-refractivity contribution is 7.87. The Hall–Kier alpha value is -3.56. The Bertz CT molecular complexity index is 1340. The summed E-state index contributed by atoms with van der Waals surface area (Å²) < 4.78 is 41.1. The van der Waals surface area contributed by atoms with Gasteiger partial charge in [-0.05, 0) is 61.4 Å². The van der Waals surface area contributed by atoms with Gasteiger partial charge in [0.2, 0.25) is 5.75 Å². The summed E-state index contributed by atoms with van der Waals surface area (Å²) in [6.07, 6.45) is 1.34. The van der Waals surface area contributed by atoms with E-state index in [-0.39, 0.29) is 21.4 Å². The van der Waals surface area contributed by atoms with E-state index in [0.29, 0.717) is 16.9 Å². The van der Waals surface area contributed by atoms with Gasteiger partial charge in [0.25, 0.3) is 5.91 Å². The van der Waals surface area contributed by atoms with Crippen LogP contribution in [0.4, 0.5) is 0 Å². The fourth-order valence-electron chi connectivity index (χ4n) is 2.97. The lowest BCUT2D eigenvalue weighted by Crippen LogP contribution is -2.18. The number of carbonyl (C=O) groups excluding carboxylic acids is 1. The molecule has 0 aliphatic carbocycles. The first-order chi connectivity index (χ1) is 16.1. The third-order valence-corrected chi connectivity index (χ3v) is 6.25.